The van der Waals surface area contributed by atoms with Crippen LogP contribution in [0.5, 0.6) is 0 Å². The van der Waals surface area contributed by atoms with Gasteiger partial charge in [0.15, 0.2) is 0 Å². The van der Waals surface area contributed by atoms with Crippen LogP contribution in [0.2, 0.25) is 0 Å². The zero-order chi connectivity index (χ0) is 13.3. The summed E-state index contributed by atoms with van der Waals surface area (Å²) in [6.07, 6.45) is 0. The molecule has 2 atom stereocenters. The Morgan fingerprint density at radius 3 is 2.89 bits per heavy atom. The van der Waals surface area contributed by atoms with Crippen LogP contribution < -0.4 is 11.0 Å². The lowest BCUT2D eigenvalue weighted by Crippen LogP contribution is -2.49. The van der Waals surface area contributed by atoms with Crippen LogP contribution in [0, 0.1) is 5.82 Å². The van der Waals surface area contributed by atoms with Crippen molar-refractivity contribution in [1.82, 2.24) is 4.90 Å². The molecule has 7 heteroatoms. The van der Waals surface area contributed by atoms with Gasteiger partial charge in [0.2, 0.25) is 0 Å². The van der Waals surface area contributed by atoms with Crippen molar-refractivity contribution in [3.05, 3.63) is 29.6 Å². The molecule has 18 heavy (non-hydrogen) atoms. The number of carbonyl (C=O) groups excluding carboxylic acids is 2. The largest absolute Gasteiger partial charge is 0.369 e. The van der Waals surface area contributed by atoms with Gasteiger partial charge in [0, 0.05) is 5.30 Å². The zero-order valence-electron chi connectivity index (χ0n) is 9.43. The summed E-state index contributed by atoms with van der Waals surface area (Å²) in [7, 11) is 2.25. The Hall–Kier alpha value is -1.52. The molecule has 2 unspecified atom stereocenters. The van der Waals surface area contributed by atoms with Crippen LogP contribution in [0.1, 0.15) is 11.6 Å². The lowest BCUT2D eigenvalue weighted by Gasteiger charge is -2.32. The summed E-state index contributed by atoms with van der Waals surface area (Å²) >= 11 is 0. The number of primary amides is 1. The molecule has 0 spiro atoms. The average molecular weight is 270 g/mol. The van der Waals surface area contributed by atoms with Crippen molar-refractivity contribution in [3.8, 4) is 0 Å². The van der Waals surface area contributed by atoms with E-state index in [0.29, 0.717) is 10.9 Å². The highest BCUT2D eigenvalue weighted by molar-refractivity contribution is 7.27. The number of amides is 3. The lowest BCUT2D eigenvalue weighted by atomic mass is 10.0. The molecule has 1 aromatic carbocycles. The molecule has 0 aliphatic carbocycles. The van der Waals surface area contributed by atoms with E-state index >= 15 is 0 Å². The summed E-state index contributed by atoms with van der Waals surface area (Å²) in [5, 5.41) is 0.356. The number of rotatable bonds is 1. The minimum atomic E-state index is -0.831. The molecule has 0 bridgehead atoms. The van der Waals surface area contributed by atoms with E-state index in [-0.39, 0.29) is 19.0 Å². The van der Waals surface area contributed by atoms with Crippen molar-refractivity contribution in [2.45, 2.75) is 6.04 Å². The predicted molar refractivity (Wildman–Crippen MR) is 65.7 cm³/mol. The van der Waals surface area contributed by atoms with Crippen molar-refractivity contribution in [3.63, 3.8) is 0 Å². The second-order valence-corrected chi connectivity index (χ2v) is 4.54. The highest BCUT2D eigenvalue weighted by atomic mass is 31.0. The maximum atomic E-state index is 13.2. The standard InChI is InChI=1S/C11H12FN2O3P/c12-7-2-1-6(3-9(7)18)8-4-17-5-10(15)14(8)11(13)16/h1-3,8H,4-5,18H2,(H2,13,16). The van der Waals surface area contributed by atoms with Crippen molar-refractivity contribution >= 4 is 26.5 Å². The number of carbonyl (C=O) groups is 2. The topological polar surface area (TPSA) is 72.6 Å². The lowest BCUT2D eigenvalue weighted by molar-refractivity contribution is -0.143. The first-order valence-electron chi connectivity index (χ1n) is 5.25. The first kappa shape index (κ1) is 12.9. The number of hydrogen-bond acceptors (Lipinski definition) is 3. The predicted octanol–water partition coefficient (Wildman–Crippen LogP) is 0.305. The summed E-state index contributed by atoms with van der Waals surface area (Å²) in [6.45, 7) is -0.0151. The van der Waals surface area contributed by atoms with Gasteiger partial charge in [-0.2, -0.15) is 0 Å². The van der Waals surface area contributed by atoms with Gasteiger partial charge in [-0.1, -0.05) is 6.07 Å². The van der Waals surface area contributed by atoms with E-state index in [4.69, 9.17) is 10.5 Å². The number of imide groups is 1. The molecule has 0 saturated carbocycles. The van der Waals surface area contributed by atoms with Gasteiger partial charge < -0.3 is 10.5 Å². The van der Waals surface area contributed by atoms with E-state index in [1.54, 1.807) is 6.07 Å². The van der Waals surface area contributed by atoms with Crippen LogP contribution in [0.15, 0.2) is 18.2 Å². The molecule has 2 N–H and O–H groups in total. The molecule has 0 radical (unpaired) electrons. The number of morpholine rings is 1. The Morgan fingerprint density at radius 1 is 1.56 bits per heavy atom. The molecular weight excluding hydrogens is 258 g/mol. The average Bonchev–Trinajstić information content (AvgIpc) is 2.32. The van der Waals surface area contributed by atoms with Crippen molar-refractivity contribution in [1.29, 1.82) is 0 Å². The van der Waals surface area contributed by atoms with Gasteiger partial charge in [-0.15, -0.1) is 9.24 Å². The number of urea groups is 1. The summed E-state index contributed by atoms with van der Waals surface area (Å²) in [4.78, 5) is 23.8. The van der Waals surface area contributed by atoms with Crippen LogP contribution >= 0.6 is 9.24 Å². The number of ether oxygens (including phenoxy) is 1. The van der Waals surface area contributed by atoms with E-state index in [1.807, 2.05) is 0 Å². The number of hydrogen-bond donors (Lipinski definition) is 1. The monoisotopic (exact) mass is 270 g/mol. The maximum absolute atomic E-state index is 13.2. The van der Waals surface area contributed by atoms with Crippen LogP contribution in [0.4, 0.5) is 9.18 Å². The van der Waals surface area contributed by atoms with E-state index < -0.39 is 18.0 Å². The van der Waals surface area contributed by atoms with Gasteiger partial charge >= 0.3 is 6.03 Å². The SMILES string of the molecule is NC(=O)N1C(=O)COCC1c1ccc(F)c(P)c1. The van der Waals surface area contributed by atoms with E-state index in [9.17, 15) is 14.0 Å². The molecule has 1 aromatic rings. The Bertz CT molecular complexity index is 509. The van der Waals surface area contributed by atoms with Gasteiger partial charge in [-0.3, -0.25) is 9.69 Å². The number of nitrogens with two attached hydrogens (primary N) is 1. The van der Waals surface area contributed by atoms with E-state index in [1.165, 1.54) is 12.1 Å². The Morgan fingerprint density at radius 2 is 2.28 bits per heavy atom. The van der Waals surface area contributed by atoms with Crippen molar-refractivity contribution in [2.75, 3.05) is 13.2 Å². The molecule has 5 nitrogen and oxygen atoms in total. The van der Waals surface area contributed by atoms with Gasteiger partial charge in [0.05, 0.1) is 12.6 Å². The highest BCUT2D eigenvalue weighted by Gasteiger charge is 2.33. The Balaban J connectivity index is 2.37. The van der Waals surface area contributed by atoms with Crippen LogP contribution in [0.25, 0.3) is 0 Å². The Labute approximate surface area is 105 Å². The third kappa shape index (κ3) is 2.35. The molecule has 2 rings (SSSR count). The molecule has 1 aliphatic heterocycles. The van der Waals surface area contributed by atoms with Crippen molar-refractivity contribution < 1.29 is 18.7 Å². The van der Waals surface area contributed by atoms with E-state index in [2.05, 4.69) is 9.24 Å². The molecule has 1 fully saturated rings. The summed E-state index contributed by atoms with van der Waals surface area (Å²) in [5.41, 5.74) is 5.79. The highest BCUT2D eigenvalue weighted by Crippen LogP contribution is 2.24. The number of halogens is 1. The quantitative estimate of drug-likeness (QED) is 0.746. The van der Waals surface area contributed by atoms with Gasteiger partial charge in [-0.25, -0.2) is 9.18 Å². The molecule has 96 valence electrons. The minimum Gasteiger partial charge on any atom is -0.369 e. The molecule has 1 saturated heterocycles. The fourth-order valence-electron chi connectivity index (χ4n) is 1.87. The van der Waals surface area contributed by atoms with Crippen molar-refractivity contribution in [2.24, 2.45) is 5.73 Å². The van der Waals surface area contributed by atoms with E-state index in [0.717, 1.165) is 4.90 Å². The molecule has 1 heterocycles. The molecule has 1 aliphatic rings. The third-order valence-corrected chi connectivity index (χ3v) is 3.17. The second kappa shape index (κ2) is 5.00. The normalized spacial score (nSPS) is 20.0. The Kier molecular flexibility index (Phi) is 3.59. The minimum absolute atomic E-state index is 0.157. The number of nitrogens with zero attached hydrogens (tertiary/aromatic N) is 1. The smallest absolute Gasteiger partial charge is 0.322 e. The molecule has 0 aromatic heterocycles. The van der Waals surface area contributed by atoms with Gasteiger partial charge in [0.25, 0.3) is 5.91 Å². The number of benzene rings is 1. The maximum Gasteiger partial charge on any atom is 0.322 e. The van der Waals surface area contributed by atoms with Gasteiger partial charge in [0.1, 0.15) is 12.4 Å². The first-order chi connectivity index (χ1) is 8.50. The zero-order valence-corrected chi connectivity index (χ0v) is 10.6. The van der Waals surface area contributed by atoms with Crippen LogP contribution in [0.3, 0.4) is 0 Å². The first-order valence-corrected chi connectivity index (χ1v) is 5.82. The fourth-order valence-corrected chi connectivity index (χ4v) is 2.16. The molecular formula is C11H12FN2O3P. The van der Waals surface area contributed by atoms with Crippen LogP contribution in [-0.4, -0.2) is 30.1 Å². The van der Waals surface area contributed by atoms with Crippen LogP contribution in [-0.2, 0) is 9.53 Å². The summed E-state index contributed by atoms with van der Waals surface area (Å²) in [6, 6.07) is 2.89. The third-order valence-electron chi connectivity index (χ3n) is 2.72. The van der Waals surface area contributed by atoms with Gasteiger partial charge in [-0.05, 0) is 17.7 Å². The molecule has 3 amide bonds. The fraction of sp³-hybridized carbons (Fsp3) is 0.273. The summed E-state index contributed by atoms with van der Waals surface area (Å²) in [5.74, 6) is -0.870. The summed E-state index contributed by atoms with van der Waals surface area (Å²) < 4.78 is 18.3. The second-order valence-electron chi connectivity index (χ2n) is 3.91.